The molecule has 1 aliphatic carbocycles. The summed E-state index contributed by atoms with van der Waals surface area (Å²) in [6.07, 6.45) is 3.94. The second-order valence-electron chi connectivity index (χ2n) is 5.06. The smallest absolute Gasteiger partial charge is 0.240 e. The molecule has 0 saturated heterocycles. The third-order valence-electron chi connectivity index (χ3n) is 4.08. The first-order valence-corrected chi connectivity index (χ1v) is 6.38. The number of nitrogens with zero attached hydrogens (tertiary/aromatic N) is 1. The Balaban J connectivity index is 2.52. The van der Waals surface area contributed by atoms with Crippen LogP contribution in [-0.4, -0.2) is 24.2 Å². The highest BCUT2D eigenvalue weighted by Crippen LogP contribution is 2.48. The summed E-state index contributed by atoms with van der Waals surface area (Å²) < 4.78 is 0. The van der Waals surface area contributed by atoms with E-state index in [0.717, 1.165) is 19.3 Å². The molecule has 4 nitrogen and oxygen atoms in total. The number of carbonyl (C=O) groups is 1. The standard InChI is InChI=1S/C13H22N2O2/c1-3-13(4-2,9-14)11(17)15-10-12(5-6-12)7-8-16/h16H,3-8,10H2,1-2H3,(H,15,17). The SMILES string of the molecule is CCC(C#N)(CC)C(=O)NCC1(CCO)CC1. The number of rotatable bonds is 7. The van der Waals surface area contributed by atoms with Crippen LogP contribution in [0.3, 0.4) is 0 Å². The van der Waals surface area contributed by atoms with Crippen molar-refractivity contribution in [1.82, 2.24) is 5.32 Å². The molecular formula is C13H22N2O2. The zero-order valence-corrected chi connectivity index (χ0v) is 10.8. The van der Waals surface area contributed by atoms with Crippen LogP contribution in [0.25, 0.3) is 0 Å². The number of nitrogens with one attached hydrogen (secondary N) is 1. The predicted molar refractivity (Wildman–Crippen MR) is 65.0 cm³/mol. The Morgan fingerprint density at radius 3 is 2.41 bits per heavy atom. The van der Waals surface area contributed by atoms with Crippen LogP contribution >= 0.6 is 0 Å². The van der Waals surface area contributed by atoms with E-state index in [-0.39, 0.29) is 17.9 Å². The highest BCUT2D eigenvalue weighted by atomic mass is 16.3. The van der Waals surface area contributed by atoms with Crippen LogP contribution in [0.15, 0.2) is 0 Å². The van der Waals surface area contributed by atoms with E-state index in [4.69, 9.17) is 10.4 Å². The molecule has 0 heterocycles. The largest absolute Gasteiger partial charge is 0.396 e. The maximum absolute atomic E-state index is 12.0. The Labute approximate surface area is 103 Å². The van der Waals surface area contributed by atoms with Gasteiger partial charge in [-0.2, -0.15) is 5.26 Å². The van der Waals surface area contributed by atoms with Crippen LogP contribution in [0.1, 0.15) is 46.0 Å². The average molecular weight is 238 g/mol. The monoisotopic (exact) mass is 238 g/mol. The maximum atomic E-state index is 12.0. The normalized spacial score (nSPS) is 17.3. The van der Waals surface area contributed by atoms with Gasteiger partial charge in [0, 0.05) is 13.2 Å². The topological polar surface area (TPSA) is 73.1 Å². The van der Waals surface area contributed by atoms with E-state index in [1.165, 1.54) is 0 Å². The molecule has 0 unspecified atom stereocenters. The lowest BCUT2D eigenvalue weighted by molar-refractivity contribution is -0.128. The van der Waals surface area contributed by atoms with Gasteiger partial charge in [0.25, 0.3) is 0 Å². The minimum Gasteiger partial charge on any atom is -0.396 e. The predicted octanol–water partition coefficient (Wildman–Crippen LogP) is 1.60. The molecule has 0 aromatic rings. The quantitative estimate of drug-likeness (QED) is 0.707. The van der Waals surface area contributed by atoms with Gasteiger partial charge in [0.15, 0.2) is 0 Å². The zero-order chi connectivity index (χ0) is 12.9. The summed E-state index contributed by atoms with van der Waals surface area (Å²) in [5.41, 5.74) is -0.775. The van der Waals surface area contributed by atoms with Crippen molar-refractivity contribution in [2.75, 3.05) is 13.2 Å². The molecule has 0 atom stereocenters. The number of aliphatic hydroxyl groups excluding tert-OH is 1. The van der Waals surface area contributed by atoms with Gasteiger partial charge in [0.2, 0.25) is 5.91 Å². The first-order valence-electron chi connectivity index (χ1n) is 6.38. The van der Waals surface area contributed by atoms with Crippen LogP contribution in [0.4, 0.5) is 0 Å². The second kappa shape index (κ2) is 5.50. The minimum atomic E-state index is -0.880. The lowest BCUT2D eigenvalue weighted by atomic mass is 9.83. The van der Waals surface area contributed by atoms with Gasteiger partial charge in [-0.05, 0) is 37.5 Å². The summed E-state index contributed by atoms with van der Waals surface area (Å²) in [6, 6.07) is 2.14. The Bertz CT molecular complexity index is 312. The van der Waals surface area contributed by atoms with Gasteiger partial charge in [-0.15, -0.1) is 0 Å². The molecule has 0 radical (unpaired) electrons. The molecule has 2 N–H and O–H groups in total. The molecule has 0 aromatic heterocycles. The van der Waals surface area contributed by atoms with Gasteiger partial charge < -0.3 is 10.4 Å². The summed E-state index contributed by atoms with van der Waals surface area (Å²) in [5, 5.41) is 21.0. The van der Waals surface area contributed by atoms with Gasteiger partial charge in [-0.1, -0.05) is 13.8 Å². The van der Waals surface area contributed by atoms with E-state index < -0.39 is 5.41 Å². The second-order valence-corrected chi connectivity index (χ2v) is 5.06. The van der Waals surface area contributed by atoms with Crippen LogP contribution in [0.2, 0.25) is 0 Å². The Kier molecular flexibility index (Phi) is 4.53. The molecule has 1 amide bonds. The van der Waals surface area contributed by atoms with Crippen molar-refractivity contribution in [1.29, 1.82) is 5.26 Å². The highest BCUT2D eigenvalue weighted by molar-refractivity contribution is 5.85. The van der Waals surface area contributed by atoms with Crippen molar-refractivity contribution in [3.8, 4) is 6.07 Å². The van der Waals surface area contributed by atoms with Crippen molar-refractivity contribution in [3.63, 3.8) is 0 Å². The van der Waals surface area contributed by atoms with E-state index in [1.807, 2.05) is 13.8 Å². The van der Waals surface area contributed by atoms with Crippen molar-refractivity contribution < 1.29 is 9.90 Å². The van der Waals surface area contributed by atoms with Crippen molar-refractivity contribution in [2.24, 2.45) is 10.8 Å². The van der Waals surface area contributed by atoms with Gasteiger partial charge >= 0.3 is 0 Å². The molecule has 1 aliphatic rings. The molecule has 96 valence electrons. The summed E-state index contributed by atoms with van der Waals surface area (Å²) in [6.45, 7) is 4.50. The fourth-order valence-electron chi connectivity index (χ4n) is 2.15. The van der Waals surface area contributed by atoms with Crippen LogP contribution in [0.5, 0.6) is 0 Å². The fraction of sp³-hybridized carbons (Fsp3) is 0.846. The lowest BCUT2D eigenvalue weighted by Crippen LogP contribution is -2.42. The maximum Gasteiger partial charge on any atom is 0.240 e. The average Bonchev–Trinajstić information content (AvgIpc) is 3.10. The number of hydrogen-bond donors (Lipinski definition) is 2. The number of hydrogen-bond acceptors (Lipinski definition) is 3. The fourth-order valence-corrected chi connectivity index (χ4v) is 2.15. The number of nitriles is 1. The highest BCUT2D eigenvalue weighted by Gasteiger charge is 2.43. The molecule has 4 heteroatoms. The Hall–Kier alpha value is -1.08. The van der Waals surface area contributed by atoms with E-state index in [0.29, 0.717) is 19.4 Å². The van der Waals surface area contributed by atoms with E-state index in [9.17, 15) is 4.79 Å². The van der Waals surface area contributed by atoms with Crippen LogP contribution in [0, 0.1) is 22.2 Å². The molecule has 0 aliphatic heterocycles. The van der Waals surface area contributed by atoms with Gasteiger partial charge in [-0.25, -0.2) is 0 Å². The minimum absolute atomic E-state index is 0.104. The molecule has 1 rings (SSSR count). The van der Waals surface area contributed by atoms with Gasteiger partial charge in [0.1, 0.15) is 5.41 Å². The number of aliphatic hydroxyl groups is 1. The Morgan fingerprint density at radius 2 is 2.06 bits per heavy atom. The third-order valence-corrected chi connectivity index (χ3v) is 4.08. The molecule has 0 spiro atoms. The van der Waals surface area contributed by atoms with Crippen molar-refractivity contribution in [3.05, 3.63) is 0 Å². The van der Waals surface area contributed by atoms with Crippen LogP contribution in [-0.2, 0) is 4.79 Å². The lowest BCUT2D eigenvalue weighted by Gasteiger charge is -2.24. The Morgan fingerprint density at radius 1 is 1.47 bits per heavy atom. The molecule has 0 aromatic carbocycles. The first kappa shape index (κ1) is 14.0. The summed E-state index contributed by atoms with van der Waals surface area (Å²) >= 11 is 0. The van der Waals surface area contributed by atoms with Crippen molar-refractivity contribution >= 4 is 5.91 Å². The first-order chi connectivity index (χ1) is 8.08. The number of carbonyl (C=O) groups excluding carboxylic acids is 1. The molecule has 1 saturated carbocycles. The molecule has 0 bridgehead atoms. The molecule has 17 heavy (non-hydrogen) atoms. The number of amides is 1. The summed E-state index contributed by atoms with van der Waals surface area (Å²) in [5.74, 6) is -0.158. The van der Waals surface area contributed by atoms with E-state index in [1.54, 1.807) is 0 Å². The van der Waals surface area contributed by atoms with Gasteiger partial charge in [-0.3, -0.25) is 4.79 Å². The van der Waals surface area contributed by atoms with E-state index in [2.05, 4.69) is 11.4 Å². The third kappa shape index (κ3) is 2.98. The van der Waals surface area contributed by atoms with Crippen molar-refractivity contribution in [2.45, 2.75) is 46.0 Å². The molecular weight excluding hydrogens is 216 g/mol. The zero-order valence-electron chi connectivity index (χ0n) is 10.8. The molecule has 1 fully saturated rings. The summed E-state index contributed by atoms with van der Waals surface area (Å²) in [7, 11) is 0. The van der Waals surface area contributed by atoms with Crippen LogP contribution < -0.4 is 5.32 Å². The van der Waals surface area contributed by atoms with Gasteiger partial charge in [0.05, 0.1) is 6.07 Å². The summed E-state index contributed by atoms with van der Waals surface area (Å²) in [4.78, 5) is 12.0. The van der Waals surface area contributed by atoms with E-state index >= 15 is 0 Å².